The van der Waals surface area contributed by atoms with E-state index < -0.39 is 0 Å². The molecule has 0 amide bonds. The van der Waals surface area contributed by atoms with Crippen molar-refractivity contribution in [1.82, 2.24) is 14.9 Å². The Hall–Kier alpha value is -1.56. The van der Waals surface area contributed by atoms with Gasteiger partial charge in [-0.3, -0.25) is 0 Å². The van der Waals surface area contributed by atoms with E-state index >= 15 is 0 Å². The molecule has 1 N–H and O–H groups in total. The second kappa shape index (κ2) is 7.13. The zero-order valence-electron chi connectivity index (χ0n) is 11.7. The minimum absolute atomic E-state index is 0.508. The third-order valence-electron chi connectivity index (χ3n) is 3.23. The van der Waals surface area contributed by atoms with Crippen molar-refractivity contribution >= 4 is 5.95 Å². The molecule has 6 nitrogen and oxygen atoms in total. The molecule has 2 rings (SSSR count). The molecule has 106 valence electrons. The summed E-state index contributed by atoms with van der Waals surface area (Å²) < 4.78 is 10.2. The second-order valence-corrected chi connectivity index (χ2v) is 4.61. The van der Waals surface area contributed by atoms with Crippen LogP contribution < -0.4 is 14.8 Å². The topological polar surface area (TPSA) is 59.5 Å². The van der Waals surface area contributed by atoms with Gasteiger partial charge in [0.15, 0.2) is 0 Å². The maximum absolute atomic E-state index is 5.11. The minimum atomic E-state index is 0.508. The number of hydrogen-bond donors (Lipinski definition) is 1. The van der Waals surface area contributed by atoms with Gasteiger partial charge in [-0.15, -0.1) is 0 Å². The molecule has 0 spiro atoms. The number of aromatic nitrogens is 2. The highest BCUT2D eigenvalue weighted by Crippen LogP contribution is 2.17. The summed E-state index contributed by atoms with van der Waals surface area (Å²) in [6.45, 7) is 4.47. The van der Waals surface area contributed by atoms with Gasteiger partial charge in [-0.1, -0.05) is 0 Å². The van der Waals surface area contributed by atoms with Crippen LogP contribution in [0, 0.1) is 0 Å². The van der Waals surface area contributed by atoms with Crippen molar-refractivity contribution in [2.45, 2.75) is 19.3 Å². The molecule has 1 aromatic rings. The van der Waals surface area contributed by atoms with Crippen LogP contribution in [0.3, 0.4) is 0 Å². The maximum atomic E-state index is 5.11. The van der Waals surface area contributed by atoms with Crippen molar-refractivity contribution in [3.05, 3.63) is 6.07 Å². The van der Waals surface area contributed by atoms with Crippen molar-refractivity contribution in [3.63, 3.8) is 0 Å². The second-order valence-electron chi connectivity index (χ2n) is 4.61. The lowest BCUT2D eigenvalue weighted by atomic mass is 10.4. The fourth-order valence-electron chi connectivity index (χ4n) is 2.20. The van der Waals surface area contributed by atoms with E-state index in [1.807, 2.05) is 0 Å². The third kappa shape index (κ3) is 4.24. The largest absolute Gasteiger partial charge is 0.481 e. The summed E-state index contributed by atoms with van der Waals surface area (Å²) in [6, 6.07) is 1.66. The van der Waals surface area contributed by atoms with Crippen LogP contribution in [0.25, 0.3) is 0 Å². The van der Waals surface area contributed by atoms with Gasteiger partial charge in [0.25, 0.3) is 0 Å². The molecule has 0 radical (unpaired) electrons. The van der Waals surface area contributed by atoms with Crippen LogP contribution in [0.2, 0.25) is 0 Å². The van der Waals surface area contributed by atoms with Crippen LogP contribution in [-0.2, 0) is 0 Å². The number of rotatable bonds is 7. The van der Waals surface area contributed by atoms with E-state index in [0.717, 1.165) is 19.5 Å². The van der Waals surface area contributed by atoms with Crippen LogP contribution in [0.15, 0.2) is 6.07 Å². The molecule has 1 aliphatic heterocycles. The maximum Gasteiger partial charge on any atom is 0.229 e. The summed E-state index contributed by atoms with van der Waals surface area (Å²) in [5.74, 6) is 1.57. The lowest BCUT2D eigenvalue weighted by molar-refractivity contribution is 0.337. The van der Waals surface area contributed by atoms with E-state index in [1.165, 1.54) is 25.9 Å². The summed E-state index contributed by atoms with van der Waals surface area (Å²) in [5.41, 5.74) is 0. The fourth-order valence-corrected chi connectivity index (χ4v) is 2.20. The summed E-state index contributed by atoms with van der Waals surface area (Å²) in [5, 5.41) is 3.21. The molecule has 0 saturated carbocycles. The van der Waals surface area contributed by atoms with Gasteiger partial charge in [-0.2, -0.15) is 9.97 Å². The molecule has 2 heterocycles. The number of ether oxygens (including phenoxy) is 2. The number of nitrogens with zero attached hydrogens (tertiary/aromatic N) is 3. The third-order valence-corrected chi connectivity index (χ3v) is 3.23. The highest BCUT2D eigenvalue weighted by Gasteiger charge is 2.10. The van der Waals surface area contributed by atoms with Crippen LogP contribution >= 0.6 is 0 Å². The average molecular weight is 266 g/mol. The smallest absolute Gasteiger partial charge is 0.229 e. The molecule has 0 aromatic carbocycles. The Morgan fingerprint density at radius 1 is 1.16 bits per heavy atom. The van der Waals surface area contributed by atoms with Crippen LogP contribution in [0.4, 0.5) is 5.95 Å². The molecular weight excluding hydrogens is 244 g/mol. The Morgan fingerprint density at radius 3 is 2.37 bits per heavy atom. The van der Waals surface area contributed by atoms with Crippen molar-refractivity contribution in [3.8, 4) is 11.8 Å². The van der Waals surface area contributed by atoms with Crippen LogP contribution in [0.5, 0.6) is 11.8 Å². The highest BCUT2D eigenvalue weighted by atomic mass is 16.5. The first-order valence-corrected chi connectivity index (χ1v) is 6.75. The average Bonchev–Trinajstić information content (AvgIpc) is 2.96. The number of likely N-dealkylation sites (tertiary alicyclic amines) is 1. The molecular formula is C13H22N4O2. The first kappa shape index (κ1) is 13.9. The summed E-state index contributed by atoms with van der Waals surface area (Å²) in [7, 11) is 3.16. The predicted octanol–water partition coefficient (Wildman–Crippen LogP) is 1.39. The normalized spacial score (nSPS) is 15.5. The summed E-state index contributed by atoms with van der Waals surface area (Å²) >= 11 is 0. The summed E-state index contributed by atoms with van der Waals surface area (Å²) in [6.07, 6.45) is 3.76. The molecule has 19 heavy (non-hydrogen) atoms. The standard InChI is InChI=1S/C13H22N4O2/c1-18-11-10-12(19-2)16-13(15-11)14-6-5-9-17-7-3-4-8-17/h10H,3-9H2,1-2H3,(H,14,15,16). The zero-order chi connectivity index (χ0) is 13.5. The molecule has 6 heteroatoms. The number of nitrogens with one attached hydrogen (secondary N) is 1. The van der Waals surface area contributed by atoms with Crippen molar-refractivity contribution in [1.29, 1.82) is 0 Å². The van der Waals surface area contributed by atoms with E-state index in [-0.39, 0.29) is 0 Å². The quantitative estimate of drug-likeness (QED) is 0.753. The Bertz CT molecular complexity index is 372. The number of hydrogen-bond acceptors (Lipinski definition) is 6. The zero-order valence-corrected chi connectivity index (χ0v) is 11.7. The van der Waals surface area contributed by atoms with E-state index in [0.29, 0.717) is 17.7 Å². The Balaban J connectivity index is 1.77. The summed E-state index contributed by atoms with van der Waals surface area (Å²) in [4.78, 5) is 11.0. The van der Waals surface area contributed by atoms with E-state index in [4.69, 9.17) is 9.47 Å². The van der Waals surface area contributed by atoms with Crippen molar-refractivity contribution in [2.24, 2.45) is 0 Å². The van der Waals surface area contributed by atoms with Gasteiger partial charge >= 0.3 is 0 Å². The molecule has 0 aliphatic carbocycles. The van der Waals surface area contributed by atoms with Crippen molar-refractivity contribution in [2.75, 3.05) is 45.7 Å². The van der Waals surface area contributed by atoms with Gasteiger partial charge in [-0.25, -0.2) is 0 Å². The fraction of sp³-hybridized carbons (Fsp3) is 0.692. The lowest BCUT2D eigenvalue weighted by Gasteiger charge is -2.14. The molecule has 0 unspecified atom stereocenters. The van der Waals surface area contributed by atoms with Crippen molar-refractivity contribution < 1.29 is 9.47 Å². The first-order valence-electron chi connectivity index (χ1n) is 6.75. The predicted molar refractivity (Wildman–Crippen MR) is 73.9 cm³/mol. The van der Waals surface area contributed by atoms with Gasteiger partial charge in [0.2, 0.25) is 17.7 Å². The first-order chi connectivity index (χ1) is 9.31. The molecule has 1 aromatic heterocycles. The number of methoxy groups -OCH3 is 2. The van der Waals surface area contributed by atoms with E-state index in [9.17, 15) is 0 Å². The Kier molecular flexibility index (Phi) is 5.20. The lowest BCUT2D eigenvalue weighted by Crippen LogP contribution is -2.22. The number of anilines is 1. The molecule has 1 aliphatic rings. The molecule has 0 atom stereocenters. The van der Waals surface area contributed by atoms with Gasteiger partial charge in [-0.05, 0) is 38.9 Å². The SMILES string of the molecule is COc1cc(OC)nc(NCCCN2CCCC2)n1. The minimum Gasteiger partial charge on any atom is -0.481 e. The van der Waals surface area contributed by atoms with E-state index in [2.05, 4.69) is 20.2 Å². The van der Waals surface area contributed by atoms with Gasteiger partial charge in [0, 0.05) is 6.54 Å². The Morgan fingerprint density at radius 2 is 1.79 bits per heavy atom. The molecule has 1 fully saturated rings. The van der Waals surface area contributed by atoms with Gasteiger partial charge in [0.05, 0.1) is 20.3 Å². The Labute approximate surface area is 114 Å². The van der Waals surface area contributed by atoms with Crippen LogP contribution in [-0.4, -0.2) is 55.3 Å². The monoisotopic (exact) mass is 266 g/mol. The molecule has 1 saturated heterocycles. The van der Waals surface area contributed by atoms with E-state index in [1.54, 1.807) is 20.3 Å². The molecule has 0 bridgehead atoms. The highest BCUT2D eigenvalue weighted by molar-refractivity contribution is 5.33. The van der Waals surface area contributed by atoms with Gasteiger partial charge < -0.3 is 19.7 Å². The van der Waals surface area contributed by atoms with Gasteiger partial charge in [0.1, 0.15) is 0 Å². The van der Waals surface area contributed by atoms with Crippen LogP contribution in [0.1, 0.15) is 19.3 Å².